The van der Waals surface area contributed by atoms with E-state index in [1.807, 2.05) is 24.3 Å². The fourth-order valence-electron chi connectivity index (χ4n) is 4.48. The maximum atomic E-state index is 11.6. The van der Waals surface area contributed by atoms with Gasteiger partial charge in [0.15, 0.2) is 0 Å². The van der Waals surface area contributed by atoms with Gasteiger partial charge in [0.25, 0.3) is 0 Å². The van der Waals surface area contributed by atoms with E-state index in [1.54, 1.807) is 0 Å². The number of likely N-dealkylation sites (tertiary alicyclic amines) is 1. The van der Waals surface area contributed by atoms with Crippen molar-refractivity contribution in [2.24, 2.45) is 5.92 Å². The van der Waals surface area contributed by atoms with Gasteiger partial charge in [-0.2, -0.15) is 0 Å². The van der Waals surface area contributed by atoms with Crippen LogP contribution in [0.4, 0.5) is 0 Å². The van der Waals surface area contributed by atoms with Crippen LogP contribution in [-0.4, -0.2) is 43.2 Å². The monoisotopic (exact) mass is 404 g/mol. The van der Waals surface area contributed by atoms with Crippen LogP contribution in [0.1, 0.15) is 47.7 Å². The Kier molecular flexibility index (Phi) is 6.66. The van der Waals surface area contributed by atoms with Gasteiger partial charge in [0.1, 0.15) is 0 Å². The maximum absolute atomic E-state index is 11.6. The van der Waals surface area contributed by atoms with E-state index in [0.29, 0.717) is 23.6 Å². The summed E-state index contributed by atoms with van der Waals surface area (Å²) >= 11 is 0. The molecule has 1 N–H and O–H groups in total. The lowest BCUT2D eigenvalue weighted by Crippen LogP contribution is -2.43. The van der Waals surface area contributed by atoms with Crippen molar-refractivity contribution in [2.75, 3.05) is 20.2 Å². The third kappa shape index (κ3) is 5.38. The topological polar surface area (TPSA) is 41.6 Å². The minimum absolute atomic E-state index is 0.277. The molecular formula is C26H32N2O2. The first-order valence-electron chi connectivity index (χ1n) is 11.0. The van der Waals surface area contributed by atoms with E-state index in [0.717, 1.165) is 19.6 Å². The second-order valence-electron chi connectivity index (χ2n) is 8.65. The van der Waals surface area contributed by atoms with Crippen molar-refractivity contribution in [3.05, 3.63) is 76.9 Å². The first-order chi connectivity index (χ1) is 14.6. The zero-order valence-electron chi connectivity index (χ0n) is 18.0. The van der Waals surface area contributed by atoms with Crippen LogP contribution in [0.5, 0.6) is 0 Å². The summed E-state index contributed by atoms with van der Waals surface area (Å²) in [5, 5.41) is 3.90. The SMILES string of the molecule is COC(=O)c1ccc(CN2CCC(N[C@H]3CC3C(C)=Cc3ccccc3)CC2)cc1. The molecule has 4 heteroatoms. The summed E-state index contributed by atoms with van der Waals surface area (Å²) < 4.78 is 4.77. The molecular weight excluding hydrogens is 372 g/mol. The Labute approximate surface area is 179 Å². The highest BCUT2D eigenvalue weighted by atomic mass is 16.5. The minimum atomic E-state index is -0.277. The van der Waals surface area contributed by atoms with E-state index in [1.165, 1.54) is 43.1 Å². The van der Waals surface area contributed by atoms with E-state index >= 15 is 0 Å². The van der Waals surface area contributed by atoms with Crippen molar-refractivity contribution < 1.29 is 9.53 Å². The Bertz CT molecular complexity index is 868. The van der Waals surface area contributed by atoms with Crippen molar-refractivity contribution in [3.63, 3.8) is 0 Å². The largest absolute Gasteiger partial charge is 0.465 e. The molecule has 4 nitrogen and oxygen atoms in total. The lowest BCUT2D eigenvalue weighted by molar-refractivity contribution is 0.0600. The number of rotatable bonds is 7. The van der Waals surface area contributed by atoms with E-state index in [9.17, 15) is 4.79 Å². The van der Waals surface area contributed by atoms with E-state index in [-0.39, 0.29) is 5.97 Å². The number of esters is 1. The van der Waals surface area contributed by atoms with Crippen LogP contribution in [0.3, 0.4) is 0 Å². The molecule has 30 heavy (non-hydrogen) atoms. The van der Waals surface area contributed by atoms with Crippen molar-refractivity contribution in [1.82, 2.24) is 10.2 Å². The standard InChI is InChI=1S/C26H32N2O2/c1-19(16-20-6-4-3-5-7-20)24-17-25(24)27-23-12-14-28(15-13-23)18-21-8-10-22(11-9-21)26(29)30-2/h3-11,16,23-25,27H,12-15,17-18H2,1-2H3/t24?,25-/m0/s1. The van der Waals surface area contributed by atoms with Crippen molar-refractivity contribution >= 4 is 12.0 Å². The molecule has 0 spiro atoms. The van der Waals surface area contributed by atoms with Gasteiger partial charge in [-0.3, -0.25) is 4.90 Å². The van der Waals surface area contributed by atoms with Gasteiger partial charge < -0.3 is 10.1 Å². The van der Waals surface area contributed by atoms with Gasteiger partial charge in [-0.05, 0) is 68.5 Å². The molecule has 1 aliphatic heterocycles. The van der Waals surface area contributed by atoms with Crippen molar-refractivity contribution in [1.29, 1.82) is 0 Å². The number of methoxy groups -OCH3 is 1. The average molecular weight is 405 g/mol. The summed E-state index contributed by atoms with van der Waals surface area (Å²) in [6, 6.07) is 19.7. The number of ether oxygens (including phenoxy) is 1. The van der Waals surface area contributed by atoms with Crippen LogP contribution >= 0.6 is 0 Å². The predicted molar refractivity (Wildman–Crippen MR) is 121 cm³/mol. The number of carbonyl (C=O) groups excluding carboxylic acids is 1. The predicted octanol–water partition coefficient (Wildman–Crippen LogP) is 4.52. The molecule has 1 unspecified atom stereocenters. The van der Waals surface area contributed by atoms with Gasteiger partial charge in [0.2, 0.25) is 0 Å². The molecule has 1 aliphatic carbocycles. The molecule has 1 heterocycles. The first-order valence-corrected chi connectivity index (χ1v) is 11.0. The highest BCUT2D eigenvalue weighted by Gasteiger charge is 2.39. The van der Waals surface area contributed by atoms with Crippen molar-refractivity contribution in [2.45, 2.75) is 44.8 Å². The normalized spacial score (nSPS) is 22.7. The highest BCUT2D eigenvalue weighted by molar-refractivity contribution is 5.89. The van der Waals surface area contributed by atoms with Crippen LogP contribution in [-0.2, 0) is 11.3 Å². The first kappa shape index (κ1) is 20.8. The summed E-state index contributed by atoms with van der Waals surface area (Å²) in [5.74, 6) is 0.414. The lowest BCUT2D eigenvalue weighted by Gasteiger charge is -2.32. The summed E-state index contributed by atoms with van der Waals surface area (Å²) in [6.07, 6.45) is 6.00. The zero-order chi connectivity index (χ0) is 20.9. The summed E-state index contributed by atoms with van der Waals surface area (Å²) in [7, 11) is 1.42. The Hall–Kier alpha value is -2.43. The minimum Gasteiger partial charge on any atom is -0.465 e. The lowest BCUT2D eigenvalue weighted by atomic mass is 10.0. The third-order valence-electron chi connectivity index (χ3n) is 6.39. The van der Waals surface area contributed by atoms with E-state index in [4.69, 9.17) is 4.74 Å². The zero-order valence-corrected chi connectivity index (χ0v) is 18.0. The molecule has 1 saturated carbocycles. The summed E-state index contributed by atoms with van der Waals surface area (Å²) in [4.78, 5) is 14.1. The number of hydrogen-bond acceptors (Lipinski definition) is 4. The Morgan fingerprint density at radius 2 is 1.80 bits per heavy atom. The van der Waals surface area contributed by atoms with Crippen LogP contribution in [0.2, 0.25) is 0 Å². The fraction of sp³-hybridized carbons (Fsp3) is 0.423. The van der Waals surface area contributed by atoms with Gasteiger partial charge in [0.05, 0.1) is 12.7 Å². The van der Waals surface area contributed by atoms with Gasteiger partial charge in [-0.25, -0.2) is 4.79 Å². The van der Waals surface area contributed by atoms with Gasteiger partial charge in [-0.15, -0.1) is 0 Å². The molecule has 0 radical (unpaired) electrons. The molecule has 2 aliphatic rings. The Balaban J connectivity index is 1.20. The second-order valence-corrected chi connectivity index (χ2v) is 8.65. The molecule has 158 valence electrons. The fourth-order valence-corrected chi connectivity index (χ4v) is 4.48. The van der Waals surface area contributed by atoms with Crippen LogP contribution < -0.4 is 5.32 Å². The van der Waals surface area contributed by atoms with E-state index in [2.05, 4.69) is 53.5 Å². The molecule has 2 atom stereocenters. The molecule has 0 amide bonds. The number of benzene rings is 2. The third-order valence-corrected chi connectivity index (χ3v) is 6.39. The van der Waals surface area contributed by atoms with Crippen molar-refractivity contribution in [3.8, 4) is 0 Å². The van der Waals surface area contributed by atoms with Gasteiger partial charge in [0, 0.05) is 18.6 Å². The van der Waals surface area contributed by atoms with Crippen LogP contribution in [0.25, 0.3) is 6.08 Å². The van der Waals surface area contributed by atoms with Crippen LogP contribution in [0, 0.1) is 5.92 Å². The number of nitrogens with zero attached hydrogens (tertiary/aromatic N) is 1. The quantitative estimate of drug-likeness (QED) is 0.689. The smallest absolute Gasteiger partial charge is 0.337 e. The molecule has 0 bridgehead atoms. The second kappa shape index (κ2) is 9.59. The van der Waals surface area contributed by atoms with Gasteiger partial charge in [-0.1, -0.05) is 54.1 Å². The number of carbonyl (C=O) groups is 1. The van der Waals surface area contributed by atoms with Gasteiger partial charge >= 0.3 is 5.97 Å². The molecule has 0 aromatic heterocycles. The summed E-state index contributed by atoms with van der Waals surface area (Å²) in [6.45, 7) is 5.45. The molecule has 1 saturated heterocycles. The molecule has 2 fully saturated rings. The average Bonchev–Trinajstić information content (AvgIpc) is 3.55. The van der Waals surface area contributed by atoms with E-state index < -0.39 is 0 Å². The number of piperidine rings is 1. The molecule has 2 aromatic carbocycles. The molecule has 2 aromatic rings. The number of nitrogens with one attached hydrogen (secondary N) is 1. The number of hydrogen-bond donors (Lipinski definition) is 1. The van der Waals surface area contributed by atoms with Crippen LogP contribution in [0.15, 0.2) is 60.2 Å². The Morgan fingerprint density at radius 3 is 2.47 bits per heavy atom. The Morgan fingerprint density at radius 1 is 1.10 bits per heavy atom. The highest BCUT2D eigenvalue weighted by Crippen LogP contribution is 2.38. The maximum Gasteiger partial charge on any atom is 0.337 e. The molecule has 4 rings (SSSR count). The summed E-state index contributed by atoms with van der Waals surface area (Å²) in [5.41, 5.74) is 4.65.